The van der Waals surface area contributed by atoms with Crippen LogP contribution in [0.1, 0.15) is 46.6 Å². The number of aromatic nitrogens is 1. The van der Waals surface area contributed by atoms with Crippen LogP contribution in [0.3, 0.4) is 0 Å². The van der Waals surface area contributed by atoms with Gasteiger partial charge >= 0.3 is 0 Å². The van der Waals surface area contributed by atoms with Gasteiger partial charge in [0.15, 0.2) is 0 Å². The molecule has 28 heavy (non-hydrogen) atoms. The largest absolute Gasteiger partial charge is 0.361 e. The van der Waals surface area contributed by atoms with Gasteiger partial charge < -0.3 is 9.84 Å². The number of hydrogen-bond donors (Lipinski definition) is 1. The Balaban J connectivity index is 1.54. The standard InChI is InChI=1S/C20H23N3O4S/c1-13-16(14(2)27-22-13)12-28-17-7-4-3-6-15(17)20(26)21-10-5-11-23-18(24)8-9-19(23)25/h3-4,6-7H,5,8-12H2,1-2H3,(H,21,26). The van der Waals surface area contributed by atoms with E-state index in [-0.39, 0.29) is 17.7 Å². The van der Waals surface area contributed by atoms with Crippen molar-refractivity contribution in [3.63, 3.8) is 0 Å². The highest BCUT2D eigenvalue weighted by molar-refractivity contribution is 7.98. The number of benzene rings is 1. The SMILES string of the molecule is Cc1noc(C)c1CSc1ccccc1C(=O)NCCCN1C(=O)CCC1=O. The molecule has 148 valence electrons. The van der Waals surface area contributed by atoms with Crippen LogP contribution in [-0.4, -0.2) is 40.9 Å². The number of nitrogens with one attached hydrogen (secondary N) is 1. The maximum atomic E-state index is 12.6. The molecule has 2 aromatic rings. The van der Waals surface area contributed by atoms with Gasteiger partial charge in [0.2, 0.25) is 11.8 Å². The first kappa shape index (κ1) is 20.1. The van der Waals surface area contributed by atoms with Crippen molar-refractivity contribution in [3.8, 4) is 0 Å². The van der Waals surface area contributed by atoms with Crippen LogP contribution in [0.15, 0.2) is 33.7 Å². The first-order valence-corrected chi connectivity index (χ1v) is 10.2. The molecule has 0 bridgehead atoms. The van der Waals surface area contributed by atoms with Gasteiger partial charge in [-0.2, -0.15) is 0 Å². The lowest BCUT2D eigenvalue weighted by atomic mass is 10.2. The number of imide groups is 1. The predicted molar refractivity (Wildman–Crippen MR) is 105 cm³/mol. The van der Waals surface area contributed by atoms with Crippen LogP contribution in [0, 0.1) is 13.8 Å². The van der Waals surface area contributed by atoms with Crippen LogP contribution in [0.4, 0.5) is 0 Å². The fourth-order valence-corrected chi connectivity index (χ4v) is 4.25. The van der Waals surface area contributed by atoms with Crippen molar-refractivity contribution in [2.24, 2.45) is 0 Å². The third-order valence-corrected chi connectivity index (χ3v) is 5.78. The van der Waals surface area contributed by atoms with Crippen LogP contribution in [0.2, 0.25) is 0 Å². The average Bonchev–Trinajstić information content (AvgIpc) is 3.18. The Morgan fingerprint density at radius 2 is 1.93 bits per heavy atom. The molecule has 3 amide bonds. The number of aryl methyl sites for hydroxylation is 2. The van der Waals surface area contributed by atoms with E-state index in [1.807, 2.05) is 32.0 Å². The number of likely N-dealkylation sites (tertiary alicyclic amines) is 1. The molecule has 1 fully saturated rings. The van der Waals surface area contributed by atoms with Crippen molar-refractivity contribution in [1.82, 2.24) is 15.4 Å². The Bertz CT molecular complexity index is 858. The third kappa shape index (κ3) is 4.62. The fraction of sp³-hybridized carbons (Fsp3) is 0.400. The number of carbonyl (C=O) groups excluding carboxylic acids is 3. The molecule has 0 saturated carbocycles. The molecule has 0 radical (unpaired) electrons. The number of amides is 3. The maximum Gasteiger partial charge on any atom is 0.252 e. The summed E-state index contributed by atoms with van der Waals surface area (Å²) in [6.45, 7) is 4.53. The Morgan fingerprint density at radius 1 is 1.21 bits per heavy atom. The van der Waals surface area contributed by atoms with Gasteiger partial charge in [-0.15, -0.1) is 11.8 Å². The van der Waals surface area contributed by atoms with Gasteiger partial charge in [-0.25, -0.2) is 0 Å². The van der Waals surface area contributed by atoms with E-state index in [9.17, 15) is 14.4 Å². The lowest BCUT2D eigenvalue weighted by Gasteiger charge is -2.14. The summed E-state index contributed by atoms with van der Waals surface area (Å²) in [4.78, 5) is 37.9. The van der Waals surface area contributed by atoms with Gasteiger partial charge in [0.05, 0.1) is 11.3 Å². The summed E-state index contributed by atoms with van der Waals surface area (Å²) < 4.78 is 5.19. The molecule has 0 spiro atoms. The molecular formula is C20H23N3O4S. The minimum absolute atomic E-state index is 0.127. The number of carbonyl (C=O) groups is 3. The van der Waals surface area contributed by atoms with E-state index in [0.717, 1.165) is 21.9 Å². The van der Waals surface area contributed by atoms with Crippen LogP contribution in [-0.2, 0) is 15.3 Å². The lowest BCUT2D eigenvalue weighted by molar-refractivity contribution is -0.138. The Hall–Kier alpha value is -2.61. The molecule has 7 nitrogen and oxygen atoms in total. The van der Waals surface area contributed by atoms with Gasteiger partial charge in [0.1, 0.15) is 5.76 Å². The summed E-state index contributed by atoms with van der Waals surface area (Å²) >= 11 is 1.56. The summed E-state index contributed by atoms with van der Waals surface area (Å²) in [6.07, 6.45) is 1.12. The molecule has 0 unspecified atom stereocenters. The van der Waals surface area contributed by atoms with E-state index >= 15 is 0 Å². The minimum Gasteiger partial charge on any atom is -0.361 e. The molecule has 1 aromatic carbocycles. The van der Waals surface area contributed by atoms with Crippen LogP contribution in [0.25, 0.3) is 0 Å². The Morgan fingerprint density at radius 3 is 2.61 bits per heavy atom. The predicted octanol–water partition coefficient (Wildman–Crippen LogP) is 2.85. The zero-order valence-electron chi connectivity index (χ0n) is 16.0. The summed E-state index contributed by atoms with van der Waals surface area (Å²) in [5.74, 6) is 1.04. The van der Waals surface area contributed by atoms with E-state index in [0.29, 0.717) is 43.7 Å². The zero-order valence-corrected chi connectivity index (χ0v) is 16.8. The molecule has 0 atom stereocenters. The molecular weight excluding hydrogens is 378 g/mol. The zero-order chi connectivity index (χ0) is 20.1. The molecule has 1 N–H and O–H groups in total. The van der Waals surface area contributed by atoms with Crippen LogP contribution in [0.5, 0.6) is 0 Å². The van der Waals surface area contributed by atoms with Gasteiger partial charge in [-0.1, -0.05) is 17.3 Å². The molecule has 1 saturated heterocycles. The highest BCUT2D eigenvalue weighted by Crippen LogP contribution is 2.28. The molecule has 1 aliphatic rings. The molecule has 8 heteroatoms. The van der Waals surface area contributed by atoms with E-state index < -0.39 is 0 Å². The second kappa shape index (κ2) is 9.05. The van der Waals surface area contributed by atoms with Crippen molar-refractivity contribution in [2.45, 2.75) is 43.8 Å². The van der Waals surface area contributed by atoms with Crippen molar-refractivity contribution in [1.29, 1.82) is 0 Å². The molecule has 1 aliphatic heterocycles. The van der Waals surface area contributed by atoms with Crippen molar-refractivity contribution >= 4 is 29.5 Å². The summed E-state index contributed by atoms with van der Waals surface area (Å²) in [5, 5.41) is 6.84. The highest BCUT2D eigenvalue weighted by Gasteiger charge is 2.28. The smallest absolute Gasteiger partial charge is 0.252 e. The highest BCUT2D eigenvalue weighted by atomic mass is 32.2. The molecule has 1 aromatic heterocycles. The van der Waals surface area contributed by atoms with E-state index in [1.165, 1.54) is 4.90 Å². The molecule has 0 aliphatic carbocycles. The van der Waals surface area contributed by atoms with Gasteiger partial charge in [0, 0.05) is 42.1 Å². The summed E-state index contributed by atoms with van der Waals surface area (Å²) in [6, 6.07) is 7.44. The summed E-state index contributed by atoms with van der Waals surface area (Å²) in [5.41, 5.74) is 2.51. The number of nitrogens with zero attached hydrogens (tertiary/aromatic N) is 2. The van der Waals surface area contributed by atoms with E-state index in [2.05, 4.69) is 10.5 Å². The van der Waals surface area contributed by atoms with Crippen molar-refractivity contribution in [3.05, 3.63) is 46.8 Å². The molecule has 2 heterocycles. The van der Waals surface area contributed by atoms with E-state index in [1.54, 1.807) is 17.8 Å². The van der Waals surface area contributed by atoms with E-state index in [4.69, 9.17) is 4.52 Å². The third-order valence-electron chi connectivity index (χ3n) is 4.68. The van der Waals surface area contributed by atoms with Gasteiger partial charge in [0.25, 0.3) is 5.91 Å². The number of rotatable bonds is 8. The van der Waals surface area contributed by atoms with Gasteiger partial charge in [-0.3, -0.25) is 19.3 Å². The number of thioether (sulfide) groups is 1. The van der Waals surface area contributed by atoms with Crippen molar-refractivity contribution < 1.29 is 18.9 Å². The fourth-order valence-electron chi connectivity index (χ4n) is 3.04. The van der Waals surface area contributed by atoms with Crippen LogP contribution >= 0.6 is 11.8 Å². The number of hydrogen-bond acceptors (Lipinski definition) is 6. The van der Waals surface area contributed by atoms with Crippen LogP contribution < -0.4 is 5.32 Å². The average molecular weight is 401 g/mol. The minimum atomic E-state index is -0.166. The first-order chi connectivity index (χ1) is 13.5. The maximum absolute atomic E-state index is 12.6. The van der Waals surface area contributed by atoms with Gasteiger partial charge in [-0.05, 0) is 32.4 Å². The van der Waals surface area contributed by atoms with Crippen molar-refractivity contribution in [2.75, 3.05) is 13.1 Å². The lowest BCUT2D eigenvalue weighted by Crippen LogP contribution is -2.33. The summed E-state index contributed by atoms with van der Waals surface area (Å²) in [7, 11) is 0. The molecule has 3 rings (SSSR count). The first-order valence-electron chi connectivity index (χ1n) is 9.22. The second-order valence-electron chi connectivity index (χ2n) is 6.64. The monoisotopic (exact) mass is 401 g/mol. The second-order valence-corrected chi connectivity index (χ2v) is 7.65. The quantitative estimate of drug-likeness (QED) is 0.415. The normalized spacial score (nSPS) is 14.0. The Labute approximate surface area is 167 Å². The topological polar surface area (TPSA) is 92.5 Å². The Kier molecular flexibility index (Phi) is 6.51.